The number of rotatable bonds is 0. The van der Waals surface area contributed by atoms with Crippen molar-refractivity contribution in [3.8, 4) is 0 Å². The maximum Gasteiger partial charge on any atom is 2.00 e. The first-order valence-corrected chi connectivity index (χ1v) is 0. The Bertz CT molecular complexity index is 4.00. The molecule has 0 aromatic heterocycles. The second-order valence-corrected chi connectivity index (χ2v) is 0. The smallest absolute Gasteiger partial charge is 0.870 e. The van der Waals surface area contributed by atoms with Crippen molar-refractivity contribution in [3.63, 3.8) is 0 Å². The fourth-order valence-electron chi connectivity index (χ4n) is 0. The third-order valence-corrected chi connectivity index (χ3v) is 0. The molecular formula is H2Co2O2. The Balaban J connectivity index is 0. The van der Waals surface area contributed by atoms with Crippen molar-refractivity contribution in [2.45, 2.75) is 0 Å². The predicted molar refractivity (Wildman–Crippen MR) is 3.87 cm³/mol. The molecule has 2 radical (unpaired) electrons. The minimum absolute atomic E-state index is 0. The molecule has 0 amide bonds. The molecule has 2 N–H and O–H groups in total. The average molecular weight is 152 g/mol. The maximum atomic E-state index is 0. The van der Waals surface area contributed by atoms with E-state index in [2.05, 4.69) is 0 Å². The third-order valence-electron chi connectivity index (χ3n) is 0. The van der Waals surface area contributed by atoms with Gasteiger partial charge in [-0.3, -0.25) is 0 Å². The van der Waals surface area contributed by atoms with Crippen molar-refractivity contribution in [1.29, 1.82) is 0 Å². The van der Waals surface area contributed by atoms with E-state index in [0.717, 1.165) is 0 Å². The summed E-state index contributed by atoms with van der Waals surface area (Å²) in [7, 11) is 0. The summed E-state index contributed by atoms with van der Waals surface area (Å²) in [5, 5.41) is 0. The zero-order valence-corrected chi connectivity index (χ0v) is 3.64. The van der Waals surface area contributed by atoms with Crippen LogP contribution in [0.3, 0.4) is 0 Å². The molecule has 4 heavy (non-hydrogen) atoms. The van der Waals surface area contributed by atoms with E-state index in [1.54, 1.807) is 0 Å². The molecule has 0 aliphatic heterocycles. The Hall–Kier alpha value is 0.933. The largest absolute Gasteiger partial charge is 2.00 e. The minimum Gasteiger partial charge on any atom is -0.870 e. The van der Waals surface area contributed by atoms with Gasteiger partial charge in [-0.05, 0) is 0 Å². The second-order valence-electron chi connectivity index (χ2n) is 0. The molecule has 0 rings (SSSR count). The summed E-state index contributed by atoms with van der Waals surface area (Å²) in [5.41, 5.74) is 0. The Morgan fingerprint density at radius 2 is 0.750 bits per heavy atom. The van der Waals surface area contributed by atoms with Crippen LogP contribution >= 0.6 is 0 Å². The van der Waals surface area contributed by atoms with Crippen LogP contribution in [0.25, 0.3) is 0 Å². The predicted octanol–water partition coefficient (Wildman–Crippen LogP) is -0.359. The molecule has 0 spiro atoms. The van der Waals surface area contributed by atoms with Crippen molar-refractivity contribution in [2.75, 3.05) is 0 Å². The summed E-state index contributed by atoms with van der Waals surface area (Å²) in [6.45, 7) is 0. The molecule has 0 unspecified atom stereocenters. The number of hydrogen-bond acceptors (Lipinski definition) is 2. The van der Waals surface area contributed by atoms with Gasteiger partial charge in [-0.15, -0.1) is 0 Å². The molecule has 0 saturated heterocycles. The normalized spacial score (nSPS) is 0. The van der Waals surface area contributed by atoms with Crippen LogP contribution in [0.1, 0.15) is 0 Å². The van der Waals surface area contributed by atoms with Crippen LogP contribution in [-0.2, 0) is 33.6 Å². The van der Waals surface area contributed by atoms with Gasteiger partial charge in [0.25, 0.3) is 0 Å². The Labute approximate surface area is 45.0 Å². The molecule has 0 saturated carbocycles. The van der Waals surface area contributed by atoms with Crippen LogP contribution < -0.4 is 0 Å². The third kappa shape index (κ3) is 12.6. The first kappa shape index (κ1) is 87.7. The quantitative estimate of drug-likeness (QED) is 0.475. The van der Waals surface area contributed by atoms with Gasteiger partial charge in [0.05, 0.1) is 0 Å². The fourth-order valence-corrected chi connectivity index (χ4v) is 0. The van der Waals surface area contributed by atoms with E-state index in [1.165, 1.54) is 0 Å². The van der Waals surface area contributed by atoms with Gasteiger partial charge < -0.3 is 11.0 Å². The molecule has 0 aliphatic carbocycles. The van der Waals surface area contributed by atoms with Gasteiger partial charge in [0.1, 0.15) is 0 Å². The minimum atomic E-state index is 0. The molecule has 0 aromatic carbocycles. The molecule has 0 aliphatic rings. The average Bonchev–Trinajstić information content (AvgIpc) is 0. The van der Waals surface area contributed by atoms with Crippen LogP contribution in [-0.4, -0.2) is 11.0 Å². The van der Waals surface area contributed by atoms with Gasteiger partial charge in [-0.1, -0.05) is 0 Å². The van der Waals surface area contributed by atoms with Crippen LogP contribution in [0, 0.1) is 0 Å². The second kappa shape index (κ2) is 38.9. The molecule has 0 atom stereocenters. The van der Waals surface area contributed by atoms with Gasteiger partial charge in [-0.25, -0.2) is 0 Å². The van der Waals surface area contributed by atoms with E-state index >= 15 is 0 Å². The summed E-state index contributed by atoms with van der Waals surface area (Å²) >= 11 is 0. The molecular weight excluding hydrogens is 150 g/mol. The van der Waals surface area contributed by atoms with Crippen LogP contribution in [0.5, 0.6) is 0 Å². The van der Waals surface area contributed by atoms with Crippen LogP contribution in [0.15, 0.2) is 0 Å². The fraction of sp³-hybridized carbons (Fsp3) is 0. The van der Waals surface area contributed by atoms with Gasteiger partial charge in [0.2, 0.25) is 0 Å². The molecule has 0 fully saturated rings. The van der Waals surface area contributed by atoms with E-state index < -0.39 is 0 Å². The molecule has 0 heterocycles. The van der Waals surface area contributed by atoms with Crippen molar-refractivity contribution in [3.05, 3.63) is 0 Å². The Morgan fingerprint density at radius 3 is 0.750 bits per heavy atom. The van der Waals surface area contributed by atoms with E-state index in [9.17, 15) is 0 Å². The molecule has 0 bridgehead atoms. The summed E-state index contributed by atoms with van der Waals surface area (Å²) in [5.74, 6) is 0. The van der Waals surface area contributed by atoms with Crippen molar-refractivity contribution >= 4 is 0 Å². The van der Waals surface area contributed by atoms with Crippen molar-refractivity contribution in [1.82, 2.24) is 0 Å². The Kier molecular flexibility index (Phi) is 852. The van der Waals surface area contributed by atoms with Gasteiger partial charge in [-0.2, -0.15) is 0 Å². The molecule has 0 aromatic rings. The number of hydrogen-bond donors (Lipinski definition) is 0. The summed E-state index contributed by atoms with van der Waals surface area (Å²) in [4.78, 5) is 0. The topological polar surface area (TPSA) is 60.0 Å². The van der Waals surface area contributed by atoms with Gasteiger partial charge in [0, 0.05) is 16.8 Å². The van der Waals surface area contributed by atoms with Crippen molar-refractivity contribution < 1.29 is 44.5 Å². The van der Waals surface area contributed by atoms with Crippen LogP contribution in [0.2, 0.25) is 0 Å². The monoisotopic (exact) mass is 152 g/mol. The maximum absolute atomic E-state index is 0. The van der Waals surface area contributed by atoms with Gasteiger partial charge in [0.15, 0.2) is 0 Å². The first-order valence-electron chi connectivity index (χ1n) is 0. The zero-order chi connectivity index (χ0) is 0. The van der Waals surface area contributed by atoms with E-state index in [0.29, 0.717) is 0 Å². The molecule has 32 valence electrons. The SMILES string of the molecule is [Co+2].[Co].[OH-].[OH-]. The van der Waals surface area contributed by atoms with Gasteiger partial charge >= 0.3 is 16.8 Å². The van der Waals surface area contributed by atoms with E-state index in [1.807, 2.05) is 0 Å². The molecule has 2 nitrogen and oxygen atoms in total. The Morgan fingerprint density at radius 1 is 0.750 bits per heavy atom. The zero-order valence-electron chi connectivity index (χ0n) is 1.56. The first-order chi connectivity index (χ1) is 0. The summed E-state index contributed by atoms with van der Waals surface area (Å²) < 4.78 is 0. The van der Waals surface area contributed by atoms with E-state index in [4.69, 9.17) is 0 Å². The molecule has 4 heteroatoms. The summed E-state index contributed by atoms with van der Waals surface area (Å²) in [6, 6.07) is 0. The van der Waals surface area contributed by atoms with Crippen molar-refractivity contribution in [2.24, 2.45) is 0 Å². The van der Waals surface area contributed by atoms with E-state index in [-0.39, 0.29) is 44.5 Å². The standard InChI is InChI=1S/2Co.2H2O/h;;2*1H2/q;+2;;/p-2. The van der Waals surface area contributed by atoms with Crippen LogP contribution in [0.4, 0.5) is 0 Å². The summed E-state index contributed by atoms with van der Waals surface area (Å²) in [6.07, 6.45) is 0.